The summed E-state index contributed by atoms with van der Waals surface area (Å²) in [6, 6.07) is 34.6. The first-order chi connectivity index (χ1) is 23.6. The Morgan fingerprint density at radius 1 is 0.938 bits per heavy atom. The number of hydrogen-bond donors (Lipinski definition) is 3. The summed E-state index contributed by atoms with van der Waals surface area (Å²) in [5.41, 5.74) is 3.69. The number of aliphatic hydroxyl groups excluding tert-OH is 1. The molecule has 3 N–H and O–H groups in total. The lowest BCUT2D eigenvalue weighted by Crippen LogP contribution is -2.66. The maximum absolute atomic E-state index is 14.0. The zero-order valence-corrected chi connectivity index (χ0v) is 27.3. The molecule has 2 aliphatic heterocycles. The third kappa shape index (κ3) is 7.29. The van der Waals surface area contributed by atoms with Crippen molar-refractivity contribution >= 4 is 28.6 Å². The van der Waals surface area contributed by atoms with Crippen molar-refractivity contribution in [2.75, 3.05) is 20.3 Å². The molecule has 48 heavy (non-hydrogen) atoms. The van der Waals surface area contributed by atoms with Crippen LogP contribution in [0, 0.1) is 0 Å². The number of aliphatic hydroxyl groups is 1. The monoisotopic (exact) mass is 666 g/mol. The molecule has 0 aliphatic carbocycles. The highest BCUT2D eigenvalue weighted by atomic mass is 32.2. The van der Waals surface area contributed by atoms with Crippen LogP contribution in [0.15, 0.2) is 114 Å². The fourth-order valence-electron chi connectivity index (χ4n) is 6.14. The van der Waals surface area contributed by atoms with Gasteiger partial charge in [0.2, 0.25) is 0 Å². The summed E-state index contributed by atoms with van der Waals surface area (Å²) < 4.78 is 31.7. The zero-order valence-electron chi connectivity index (χ0n) is 26.5. The van der Waals surface area contributed by atoms with Crippen LogP contribution in [0.4, 0.5) is 0 Å². The maximum Gasteiger partial charge on any atom is 0.268 e. The van der Waals surface area contributed by atoms with E-state index in [0.717, 1.165) is 38.2 Å². The molecule has 5 aromatic rings. The van der Waals surface area contributed by atoms with E-state index in [1.54, 1.807) is 7.11 Å². The lowest BCUT2D eigenvalue weighted by atomic mass is 9.96. The fraction of sp³-hybridized carbons (Fsp3) is 0.289. The zero-order chi connectivity index (χ0) is 32.9. The van der Waals surface area contributed by atoms with Crippen LogP contribution in [-0.4, -0.2) is 66.1 Å². The van der Waals surface area contributed by atoms with E-state index in [4.69, 9.17) is 23.7 Å². The van der Waals surface area contributed by atoms with Gasteiger partial charge < -0.3 is 39.1 Å². The Kier molecular flexibility index (Phi) is 10.1. The largest absolute Gasteiger partial charge is 0.497 e. The average molecular weight is 667 g/mol. The predicted octanol–water partition coefficient (Wildman–Crippen LogP) is 6.03. The lowest BCUT2D eigenvalue weighted by Gasteiger charge is -2.49. The number of carbonyl (C=O) groups is 1. The number of ether oxygens (including phenoxy) is 5. The molecule has 7 rings (SSSR count). The van der Waals surface area contributed by atoms with Gasteiger partial charge >= 0.3 is 0 Å². The van der Waals surface area contributed by atoms with Gasteiger partial charge in [-0.2, -0.15) is 0 Å². The van der Waals surface area contributed by atoms with Crippen molar-refractivity contribution in [1.29, 1.82) is 0 Å². The summed E-state index contributed by atoms with van der Waals surface area (Å²) >= 11 is 1.50. The normalized spacial score (nSPS) is 23.8. The quantitative estimate of drug-likeness (QED) is 0.157. The van der Waals surface area contributed by atoms with Crippen molar-refractivity contribution in [2.45, 2.75) is 54.0 Å². The third-order valence-corrected chi connectivity index (χ3v) is 9.84. The molecule has 1 aromatic heterocycles. The summed E-state index contributed by atoms with van der Waals surface area (Å²) in [6.45, 7) is 0.669. The highest BCUT2D eigenvalue weighted by Crippen LogP contribution is 2.40. The van der Waals surface area contributed by atoms with Crippen molar-refractivity contribution < 1.29 is 33.6 Å². The molecule has 10 heteroatoms. The Balaban J connectivity index is 1.22. The number of H-pyrrole nitrogens is 1. The molecule has 2 saturated heterocycles. The number of rotatable bonds is 11. The number of amides is 1. The second kappa shape index (κ2) is 14.9. The number of thioether (sulfide) groups is 1. The molecular formula is C38H38N2O7S. The van der Waals surface area contributed by atoms with E-state index in [2.05, 4.69) is 10.3 Å². The molecule has 0 spiro atoms. The van der Waals surface area contributed by atoms with Crippen molar-refractivity contribution in [3.63, 3.8) is 0 Å². The van der Waals surface area contributed by atoms with Crippen LogP contribution >= 0.6 is 11.8 Å². The minimum atomic E-state index is -0.615. The van der Waals surface area contributed by atoms with E-state index in [1.807, 2.05) is 109 Å². The molecule has 3 heterocycles. The molecule has 3 unspecified atom stereocenters. The smallest absolute Gasteiger partial charge is 0.268 e. The van der Waals surface area contributed by atoms with Gasteiger partial charge in [0.05, 0.1) is 26.4 Å². The number of nitrogens with one attached hydrogen (secondary N) is 2. The van der Waals surface area contributed by atoms with Crippen LogP contribution in [0.5, 0.6) is 5.75 Å². The van der Waals surface area contributed by atoms with Crippen molar-refractivity contribution in [3.05, 3.63) is 132 Å². The van der Waals surface area contributed by atoms with Gasteiger partial charge in [0, 0.05) is 28.0 Å². The van der Waals surface area contributed by atoms with Crippen LogP contribution in [0.2, 0.25) is 0 Å². The second-order valence-electron chi connectivity index (χ2n) is 11.8. The predicted molar refractivity (Wildman–Crippen MR) is 183 cm³/mol. The topological polar surface area (TPSA) is 111 Å². The molecule has 2 fully saturated rings. The highest BCUT2D eigenvalue weighted by Gasteiger charge is 2.51. The molecule has 0 saturated carbocycles. The molecule has 0 bridgehead atoms. The van der Waals surface area contributed by atoms with E-state index < -0.39 is 36.1 Å². The van der Waals surface area contributed by atoms with E-state index in [0.29, 0.717) is 18.7 Å². The first kappa shape index (κ1) is 32.4. The lowest BCUT2D eigenvalue weighted by molar-refractivity contribution is -0.312. The Hall–Kier alpha value is -4.16. The minimum Gasteiger partial charge on any atom is -0.497 e. The van der Waals surface area contributed by atoms with Gasteiger partial charge in [0.25, 0.3) is 5.91 Å². The number of methoxy groups -OCH3 is 1. The number of fused-ring (bicyclic) bond motifs is 2. The van der Waals surface area contributed by atoms with E-state index >= 15 is 0 Å². The van der Waals surface area contributed by atoms with Crippen molar-refractivity contribution in [3.8, 4) is 5.75 Å². The summed E-state index contributed by atoms with van der Waals surface area (Å²) in [6.07, 6.45) is -1.61. The minimum absolute atomic E-state index is 0.0913. The van der Waals surface area contributed by atoms with Gasteiger partial charge in [-0.05, 0) is 53.9 Å². The van der Waals surface area contributed by atoms with E-state index in [9.17, 15) is 9.90 Å². The summed E-state index contributed by atoms with van der Waals surface area (Å²) in [4.78, 5) is 18.2. The van der Waals surface area contributed by atoms with Crippen molar-refractivity contribution in [1.82, 2.24) is 10.3 Å². The molecule has 0 radical (unpaired) electrons. The Morgan fingerprint density at radius 3 is 2.44 bits per heavy atom. The van der Waals surface area contributed by atoms with Gasteiger partial charge in [0.1, 0.15) is 35.2 Å². The van der Waals surface area contributed by atoms with Gasteiger partial charge in [-0.15, -0.1) is 0 Å². The van der Waals surface area contributed by atoms with Crippen LogP contribution in [0.25, 0.3) is 10.9 Å². The van der Waals surface area contributed by atoms with Crippen LogP contribution in [0.1, 0.15) is 33.5 Å². The van der Waals surface area contributed by atoms with Gasteiger partial charge in [0.15, 0.2) is 6.29 Å². The van der Waals surface area contributed by atoms with E-state index in [1.165, 1.54) is 11.8 Å². The summed E-state index contributed by atoms with van der Waals surface area (Å²) in [5.74, 6) is 0.479. The molecule has 2 aliphatic rings. The highest BCUT2D eigenvalue weighted by molar-refractivity contribution is 7.99. The van der Waals surface area contributed by atoms with Gasteiger partial charge in [-0.3, -0.25) is 4.79 Å². The molecule has 6 atom stereocenters. The van der Waals surface area contributed by atoms with Gasteiger partial charge in [-0.1, -0.05) is 84.6 Å². The Morgan fingerprint density at radius 2 is 1.69 bits per heavy atom. The van der Waals surface area contributed by atoms with Crippen LogP contribution in [0.3, 0.4) is 0 Å². The number of carbonyl (C=O) groups excluding carboxylic acids is 1. The fourth-order valence-corrected chi connectivity index (χ4v) is 7.27. The maximum atomic E-state index is 14.0. The second-order valence-corrected chi connectivity index (χ2v) is 13.0. The standard InChI is InChI=1S/C38H38N2O7S/c1-43-28-15-17-29(18-16-28)48-38-33(40-36(42)31-21-27-9-5-6-10-30(27)39-31)35(44-22-25-13-11-24(12-14-25)19-20-41)34-32(46-38)23-45-37(47-34)26-7-3-2-4-8-26/h2-18,21,32-35,37-39,41H,19-20,22-23H2,1H3,(H,40,42)/t32?,33?,34-,35+,37?,38-/m0/s1. The molecule has 4 aromatic carbocycles. The molecule has 1 amide bonds. The summed E-state index contributed by atoms with van der Waals surface area (Å²) in [5, 5.41) is 13.6. The Labute approximate surface area is 283 Å². The van der Waals surface area contributed by atoms with Gasteiger partial charge in [-0.25, -0.2) is 0 Å². The molecular weight excluding hydrogens is 628 g/mol. The first-order valence-electron chi connectivity index (χ1n) is 16.0. The van der Waals surface area contributed by atoms with E-state index in [-0.39, 0.29) is 19.1 Å². The number of para-hydroxylation sites is 1. The first-order valence-corrected chi connectivity index (χ1v) is 16.9. The summed E-state index contributed by atoms with van der Waals surface area (Å²) in [7, 11) is 1.63. The average Bonchev–Trinajstić information content (AvgIpc) is 3.57. The van der Waals surface area contributed by atoms with Crippen molar-refractivity contribution in [2.24, 2.45) is 0 Å². The molecule has 248 valence electrons. The number of hydrogen-bond acceptors (Lipinski definition) is 8. The molecule has 9 nitrogen and oxygen atoms in total. The third-order valence-electron chi connectivity index (χ3n) is 8.66. The number of aromatic amines is 1. The van der Waals surface area contributed by atoms with Crippen LogP contribution < -0.4 is 10.1 Å². The van der Waals surface area contributed by atoms with Crippen LogP contribution in [-0.2, 0) is 32.0 Å². The Bertz CT molecular complexity index is 1760. The number of aromatic nitrogens is 1. The SMILES string of the molecule is COc1ccc(S[C@@H]2OC3COC(c4ccccc4)O[C@@H]3[C@H](OCc3ccc(CCO)cc3)C2NC(=O)c2cc3ccccc3[nH]2)cc1. The number of benzene rings is 4.